The molecule has 2 saturated heterocycles. The Labute approximate surface area is 191 Å². The molecule has 2 heterocycles. The third kappa shape index (κ3) is 4.93. The molecule has 4 rings (SSSR count). The molecule has 0 aromatic heterocycles. The lowest BCUT2D eigenvalue weighted by Gasteiger charge is -2.41. The second-order valence-electron chi connectivity index (χ2n) is 8.98. The van der Waals surface area contributed by atoms with Crippen LogP contribution in [-0.4, -0.2) is 97.8 Å². The summed E-state index contributed by atoms with van der Waals surface area (Å²) < 4.78 is 11.4. The van der Waals surface area contributed by atoms with E-state index in [0.29, 0.717) is 17.6 Å². The van der Waals surface area contributed by atoms with Crippen LogP contribution < -0.4 is 0 Å². The molecular weight excluding hydrogens is 432 g/mol. The summed E-state index contributed by atoms with van der Waals surface area (Å²) in [5, 5.41) is 69.4. The van der Waals surface area contributed by atoms with Crippen molar-refractivity contribution in [3.63, 3.8) is 0 Å². The van der Waals surface area contributed by atoms with Crippen molar-refractivity contribution in [2.24, 2.45) is 0 Å². The second-order valence-corrected chi connectivity index (χ2v) is 8.98. The number of hydrogen-bond acceptors (Lipinski definition) is 9. The van der Waals surface area contributed by atoms with E-state index in [1.54, 1.807) is 0 Å². The van der Waals surface area contributed by atoms with Gasteiger partial charge in [0.2, 0.25) is 0 Å². The fourth-order valence-corrected chi connectivity index (χ4v) is 4.75. The first-order valence-corrected chi connectivity index (χ1v) is 11.2. The predicted octanol–water partition coefficient (Wildman–Crippen LogP) is -0.957. The van der Waals surface area contributed by atoms with E-state index in [0.717, 1.165) is 5.56 Å². The summed E-state index contributed by atoms with van der Waals surface area (Å²) in [6, 6.07) is 7.50. The molecular formula is C24H32O9. The first-order chi connectivity index (χ1) is 15.8. The molecule has 1 aromatic carbocycles. The van der Waals surface area contributed by atoms with Crippen molar-refractivity contribution < 1.29 is 45.2 Å². The molecule has 182 valence electrons. The molecule has 3 aliphatic rings. The first-order valence-electron chi connectivity index (χ1n) is 11.2. The highest BCUT2D eigenvalue weighted by Gasteiger charge is 2.44. The van der Waals surface area contributed by atoms with Gasteiger partial charge in [0.25, 0.3) is 0 Å². The fourth-order valence-electron chi connectivity index (χ4n) is 4.75. The molecule has 0 radical (unpaired) electrons. The van der Waals surface area contributed by atoms with E-state index in [-0.39, 0.29) is 18.9 Å². The molecule has 9 nitrogen and oxygen atoms in total. The molecule has 10 atom stereocenters. The molecule has 2 fully saturated rings. The van der Waals surface area contributed by atoms with E-state index in [1.807, 2.05) is 42.5 Å². The second kappa shape index (κ2) is 10.3. The predicted molar refractivity (Wildman–Crippen MR) is 116 cm³/mol. The Morgan fingerprint density at radius 2 is 1.45 bits per heavy atom. The minimum absolute atomic E-state index is 0.0562. The molecule has 7 N–H and O–H groups in total. The molecule has 9 heteroatoms. The van der Waals surface area contributed by atoms with Gasteiger partial charge in [-0.3, -0.25) is 0 Å². The van der Waals surface area contributed by atoms with Crippen molar-refractivity contribution in [2.45, 2.75) is 73.7 Å². The average molecular weight is 465 g/mol. The summed E-state index contributed by atoms with van der Waals surface area (Å²) in [6.45, 7) is -0.697. The standard InChI is InChI=1S/C24H32O9/c25-10-16-9-17(27)19(28)23(32-16)14-5-1-12(2-6-14)13-3-7-15(8-4-13)24-22(31)21(30)20(29)18(11-26)33-24/h1-3,5-8,13,16-31H,4,9-11H2/t13?,16?,17?,18?,19?,20-,21?,22?,23-,24-/m1/s1. The molecule has 0 saturated carbocycles. The Kier molecular flexibility index (Phi) is 7.64. The summed E-state index contributed by atoms with van der Waals surface area (Å²) in [6.07, 6.45) is -2.72. The van der Waals surface area contributed by atoms with Gasteiger partial charge in [0, 0.05) is 12.3 Å². The third-order valence-electron chi connectivity index (χ3n) is 6.79. The number of aliphatic hydroxyl groups is 7. The van der Waals surface area contributed by atoms with Crippen molar-refractivity contribution >= 4 is 0 Å². The summed E-state index contributed by atoms with van der Waals surface area (Å²) >= 11 is 0. The maximum absolute atomic E-state index is 10.3. The number of allylic oxidation sites excluding steroid dienone is 2. The number of hydrogen-bond donors (Lipinski definition) is 7. The fraction of sp³-hybridized carbons (Fsp3) is 0.583. The Bertz CT molecular complexity index is 852. The van der Waals surface area contributed by atoms with Gasteiger partial charge in [-0.25, -0.2) is 0 Å². The van der Waals surface area contributed by atoms with Crippen molar-refractivity contribution in [1.29, 1.82) is 0 Å². The van der Waals surface area contributed by atoms with Crippen LogP contribution in [0.3, 0.4) is 0 Å². The largest absolute Gasteiger partial charge is 0.394 e. The van der Waals surface area contributed by atoms with Crippen LogP contribution >= 0.6 is 0 Å². The van der Waals surface area contributed by atoms with Crippen molar-refractivity contribution in [1.82, 2.24) is 0 Å². The molecule has 0 amide bonds. The molecule has 2 aliphatic heterocycles. The van der Waals surface area contributed by atoms with E-state index in [2.05, 4.69) is 0 Å². The Morgan fingerprint density at radius 1 is 0.758 bits per heavy atom. The SMILES string of the molecule is OCC1CC(O)C(O)[C@@H](c2ccc(C3C=CC([C@H]4OC(CO)[C@@H](O)C(O)C4O)=CC3)cc2)O1. The third-order valence-corrected chi connectivity index (χ3v) is 6.79. The molecule has 1 aromatic rings. The Balaban J connectivity index is 1.42. The van der Waals surface area contributed by atoms with E-state index < -0.39 is 61.5 Å². The van der Waals surface area contributed by atoms with Crippen LogP contribution in [0.4, 0.5) is 0 Å². The van der Waals surface area contributed by atoms with Crippen LogP contribution in [-0.2, 0) is 9.47 Å². The van der Waals surface area contributed by atoms with E-state index in [4.69, 9.17) is 9.47 Å². The van der Waals surface area contributed by atoms with Gasteiger partial charge < -0.3 is 45.2 Å². The van der Waals surface area contributed by atoms with Gasteiger partial charge >= 0.3 is 0 Å². The quantitative estimate of drug-likeness (QED) is 0.291. The zero-order chi connectivity index (χ0) is 23.7. The van der Waals surface area contributed by atoms with Gasteiger partial charge in [-0.2, -0.15) is 0 Å². The first kappa shape index (κ1) is 24.5. The van der Waals surface area contributed by atoms with Crippen molar-refractivity contribution in [3.8, 4) is 0 Å². The van der Waals surface area contributed by atoms with Gasteiger partial charge in [-0.05, 0) is 23.1 Å². The van der Waals surface area contributed by atoms with Crippen LogP contribution in [0.2, 0.25) is 0 Å². The van der Waals surface area contributed by atoms with E-state index in [1.165, 1.54) is 0 Å². The molecule has 0 spiro atoms. The van der Waals surface area contributed by atoms with Gasteiger partial charge in [-0.1, -0.05) is 42.5 Å². The lowest BCUT2D eigenvalue weighted by molar-refractivity contribution is -0.218. The average Bonchev–Trinajstić information content (AvgIpc) is 2.85. The van der Waals surface area contributed by atoms with E-state index in [9.17, 15) is 35.7 Å². The number of benzene rings is 1. The molecule has 33 heavy (non-hydrogen) atoms. The van der Waals surface area contributed by atoms with Gasteiger partial charge in [-0.15, -0.1) is 0 Å². The minimum atomic E-state index is -1.42. The van der Waals surface area contributed by atoms with Crippen LogP contribution in [0.25, 0.3) is 0 Å². The lowest BCUT2D eigenvalue weighted by atomic mass is 9.84. The van der Waals surface area contributed by atoms with E-state index >= 15 is 0 Å². The van der Waals surface area contributed by atoms with Crippen molar-refractivity contribution in [3.05, 3.63) is 59.2 Å². The smallest absolute Gasteiger partial charge is 0.113 e. The van der Waals surface area contributed by atoms with Gasteiger partial charge in [0.05, 0.1) is 25.4 Å². The Hall–Kier alpha value is -1.66. The summed E-state index contributed by atoms with van der Waals surface area (Å²) in [4.78, 5) is 0. The highest BCUT2D eigenvalue weighted by atomic mass is 16.5. The molecule has 0 bridgehead atoms. The lowest BCUT2D eigenvalue weighted by Crippen LogP contribution is -2.58. The Morgan fingerprint density at radius 3 is 2.06 bits per heavy atom. The maximum Gasteiger partial charge on any atom is 0.113 e. The van der Waals surface area contributed by atoms with Gasteiger partial charge in [0.1, 0.15) is 42.7 Å². The molecule has 7 unspecified atom stereocenters. The maximum atomic E-state index is 10.3. The monoisotopic (exact) mass is 464 g/mol. The summed E-state index contributed by atoms with van der Waals surface area (Å²) in [7, 11) is 0. The highest BCUT2D eigenvalue weighted by Crippen LogP contribution is 2.35. The number of ether oxygens (including phenoxy) is 2. The van der Waals surface area contributed by atoms with Gasteiger partial charge in [0.15, 0.2) is 0 Å². The van der Waals surface area contributed by atoms with Crippen LogP contribution in [0.15, 0.2) is 48.1 Å². The number of aliphatic hydroxyl groups excluding tert-OH is 7. The normalized spacial score (nSPS) is 41.6. The number of rotatable bonds is 5. The topological polar surface area (TPSA) is 160 Å². The van der Waals surface area contributed by atoms with Crippen LogP contribution in [0.1, 0.15) is 36.0 Å². The zero-order valence-electron chi connectivity index (χ0n) is 18.1. The summed E-state index contributed by atoms with van der Waals surface area (Å²) in [5.74, 6) is 0.0562. The summed E-state index contributed by atoms with van der Waals surface area (Å²) in [5.41, 5.74) is 2.40. The minimum Gasteiger partial charge on any atom is -0.394 e. The highest BCUT2D eigenvalue weighted by molar-refractivity contribution is 5.37. The molecule has 1 aliphatic carbocycles. The van der Waals surface area contributed by atoms with Crippen LogP contribution in [0, 0.1) is 0 Å². The van der Waals surface area contributed by atoms with Crippen molar-refractivity contribution in [2.75, 3.05) is 13.2 Å². The van der Waals surface area contributed by atoms with Crippen LogP contribution in [0.5, 0.6) is 0 Å². The zero-order valence-corrected chi connectivity index (χ0v) is 18.1.